The van der Waals surface area contributed by atoms with Crippen LogP contribution in [-0.4, -0.2) is 19.8 Å². The Morgan fingerprint density at radius 1 is 1.35 bits per heavy atom. The molecule has 0 aliphatic rings. The predicted octanol–water partition coefficient (Wildman–Crippen LogP) is 2.77. The third-order valence-corrected chi connectivity index (χ3v) is 2.42. The molecule has 0 radical (unpaired) electrons. The number of methoxy groups -OCH3 is 1. The monoisotopic (exact) mass is 244 g/mol. The van der Waals surface area contributed by atoms with Gasteiger partial charge in [-0.15, -0.1) is 0 Å². The number of hydrogen-bond donors (Lipinski definition) is 2. The minimum absolute atomic E-state index is 0.0735. The van der Waals surface area contributed by atoms with Gasteiger partial charge in [0, 0.05) is 18.8 Å². The van der Waals surface area contributed by atoms with E-state index >= 15 is 0 Å². The normalized spacial score (nSPS) is 12.5. The van der Waals surface area contributed by atoms with Crippen molar-refractivity contribution in [2.24, 2.45) is 0 Å². The molecule has 1 aromatic rings. The van der Waals surface area contributed by atoms with Gasteiger partial charge in [-0.2, -0.15) is 0 Å². The van der Waals surface area contributed by atoms with E-state index in [0.29, 0.717) is 6.61 Å². The van der Waals surface area contributed by atoms with E-state index in [1.54, 1.807) is 7.11 Å². The number of benzene rings is 1. The Morgan fingerprint density at radius 2 is 1.94 bits per heavy atom. The number of hydrogen-bond acceptors (Lipinski definition) is 3. The summed E-state index contributed by atoms with van der Waals surface area (Å²) in [7, 11) is 1.56. The third kappa shape index (κ3) is 3.85. The van der Waals surface area contributed by atoms with Gasteiger partial charge < -0.3 is 15.8 Å². The van der Waals surface area contributed by atoms with Crippen molar-refractivity contribution < 1.29 is 13.5 Å². The van der Waals surface area contributed by atoms with Crippen molar-refractivity contribution in [2.45, 2.75) is 25.8 Å². The predicted molar refractivity (Wildman–Crippen MR) is 65.0 cm³/mol. The van der Waals surface area contributed by atoms with E-state index in [9.17, 15) is 8.78 Å². The highest BCUT2D eigenvalue weighted by atomic mass is 19.1. The highest BCUT2D eigenvalue weighted by Crippen LogP contribution is 2.23. The van der Waals surface area contributed by atoms with Crippen molar-refractivity contribution in [3.63, 3.8) is 0 Å². The molecular formula is C12H18F2N2O. The molecule has 0 saturated heterocycles. The van der Waals surface area contributed by atoms with Gasteiger partial charge >= 0.3 is 0 Å². The summed E-state index contributed by atoms with van der Waals surface area (Å²) >= 11 is 0. The van der Waals surface area contributed by atoms with Gasteiger partial charge in [0.1, 0.15) is 5.69 Å². The van der Waals surface area contributed by atoms with Crippen LogP contribution in [0.15, 0.2) is 12.1 Å². The van der Waals surface area contributed by atoms with Crippen LogP contribution < -0.4 is 11.1 Å². The fraction of sp³-hybridized carbons (Fsp3) is 0.500. The molecule has 0 heterocycles. The van der Waals surface area contributed by atoms with Crippen molar-refractivity contribution in [3.8, 4) is 0 Å². The van der Waals surface area contributed by atoms with Crippen molar-refractivity contribution in [1.82, 2.24) is 0 Å². The Morgan fingerprint density at radius 3 is 2.41 bits per heavy atom. The van der Waals surface area contributed by atoms with Crippen LogP contribution in [0.3, 0.4) is 0 Å². The van der Waals surface area contributed by atoms with Crippen molar-refractivity contribution in [1.29, 1.82) is 0 Å². The number of nitrogens with one attached hydrogen (secondary N) is 1. The lowest BCUT2D eigenvalue weighted by Crippen LogP contribution is -2.25. The Kier molecular flexibility index (Phi) is 5.15. The van der Waals surface area contributed by atoms with Crippen LogP contribution in [-0.2, 0) is 4.74 Å². The van der Waals surface area contributed by atoms with Crippen LogP contribution in [0.25, 0.3) is 0 Å². The molecule has 1 aromatic carbocycles. The number of rotatable bonds is 6. The minimum atomic E-state index is -0.681. The first-order chi connectivity index (χ1) is 8.08. The van der Waals surface area contributed by atoms with E-state index in [2.05, 4.69) is 5.32 Å². The van der Waals surface area contributed by atoms with E-state index in [-0.39, 0.29) is 17.4 Å². The van der Waals surface area contributed by atoms with Crippen LogP contribution in [0.1, 0.15) is 19.8 Å². The van der Waals surface area contributed by atoms with Crippen LogP contribution >= 0.6 is 0 Å². The summed E-state index contributed by atoms with van der Waals surface area (Å²) in [6, 6.07) is 2.08. The summed E-state index contributed by atoms with van der Waals surface area (Å²) in [4.78, 5) is 0. The van der Waals surface area contributed by atoms with Crippen LogP contribution in [0.4, 0.5) is 20.2 Å². The number of halogens is 2. The summed E-state index contributed by atoms with van der Waals surface area (Å²) in [5.41, 5.74) is 5.27. The molecule has 1 atom stereocenters. The Labute approximate surface area is 100.0 Å². The molecule has 96 valence electrons. The molecular weight excluding hydrogens is 226 g/mol. The second-order valence-corrected chi connectivity index (χ2v) is 3.94. The smallest absolute Gasteiger partial charge is 0.151 e. The fourth-order valence-electron chi connectivity index (χ4n) is 1.68. The maximum Gasteiger partial charge on any atom is 0.151 e. The Bertz CT molecular complexity index is 343. The highest BCUT2D eigenvalue weighted by Gasteiger charge is 2.14. The van der Waals surface area contributed by atoms with Crippen LogP contribution in [0.2, 0.25) is 0 Å². The lowest BCUT2D eigenvalue weighted by Gasteiger charge is -2.19. The number of anilines is 2. The van der Waals surface area contributed by atoms with E-state index in [1.165, 1.54) is 0 Å². The lowest BCUT2D eigenvalue weighted by molar-refractivity contribution is 0.182. The lowest BCUT2D eigenvalue weighted by atomic mass is 10.1. The second-order valence-electron chi connectivity index (χ2n) is 3.94. The van der Waals surface area contributed by atoms with Crippen molar-refractivity contribution in [2.75, 3.05) is 24.8 Å². The zero-order chi connectivity index (χ0) is 12.8. The highest BCUT2D eigenvalue weighted by molar-refractivity contribution is 5.54. The van der Waals surface area contributed by atoms with Gasteiger partial charge in [0.15, 0.2) is 11.6 Å². The van der Waals surface area contributed by atoms with Crippen molar-refractivity contribution in [3.05, 3.63) is 23.8 Å². The molecule has 0 aliphatic heterocycles. The topological polar surface area (TPSA) is 47.3 Å². The van der Waals surface area contributed by atoms with Gasteiger partial charge in [-0.05, 0) is 18.6 Å². The molecule has 0 bridgehead atoms. The molecule has 1 unspecified atom stereocenters. The summed E-state index contributed by atoms with van der Waals surface area (Å²) in [6.45, 7) is 2.40. The third-order valence-electron chi connectivity index (χ3n) is 2.42. The first-order valence-corrected chi connectivity index (χ1v) is 5.58. The summed E-state index contributed by atoms with van der Waals surface area (Å²) in [5, 5.41) is 2.81. The Hall–Kier alpha value is -1.36. The molecule has 3 nitrogen and oxygen atoms in total. The molecule has 0 saturated carbocycles. The SMILES string of the molecule is CCCC(COC)Nc1c(F)cc(N)cc1F. The summed E-state index contributed by atoms with van der Waals surface area (Å²) in [5.74, 6) is -1.36. The average Bonchev–Trinajstić information content (AvgIpc) is 2.23. The van der Waals surface area contributed by atoms with E-state index < -0.39 is 11.6 Å². The van der Waals surface area contributed by atoms with Gasteiger partial charge in [0.2, 0.25) is 0 Å². The van der Waals surface area contributed by atoms with Gasteiger partial charge in [0.05, 0.1) is 6.61 Å². The second kappa shape index (κ2) is 6.39. The van der Waals surface area contributed by atoms with Gasteiger partial charge in [-0.1, -0.05) is 13.3 Å². The summed E-state index contributed by atoms with van der Waals surface area (Å²) < 4.78 is 32.1. The first-order valence-electron chi connectivity index (χ1n) is 5.58. The standard InChI is InChI=1S/C12H18F2N2O/c1-3-4-9(7-17-2)16-12-10(13)5-8(15)6-11(12)14/h5-6,9,16H,3-4,7,15H2,1-2H3. The zero-order valence-corrected chi connectivity index (χ0v) is 10.1. The van der Waals surface area contributed by atoms with E-state index in [0.717, 1.165) is 25.0 Å². The Balaban J connectivity index is 2.84. The average molecular weight is 244 g/mol. The van der Waals surface area contributed by atoms with E-state index in [4.69, 9.17) is 10.5 Å². The number of nitrogen functional groups attached to an aromatic ring is 1. The van der Waals surface area contributed by atoms with Gasteiger partial charge in [-0.25, -0.2) is 8.78 Å². The molecule has 3 N–H and O–H groups in total. The largest absolute Gasteiger partial charge is 0.399 e. The van der Waals surface area contributed by atoms with Crippen molar-refractivity contribution >= 4 is 11.4 Å². The molecule has 0 aromatic heterocycles. The van der Waals surface area contributed by atoms with Gasteiger partial charge in [-0.3, -0.25) is 0 Å². The maximum atomic E-state index is 13.5. The zero-order valence-electron chi connectivity index (χ0n) is 10.1. The van der Waals surface area contributed by atoms with Crippen LogP contribution in [0, 0.1) is 11.6 Å². The molecule has 0 aliphatic carbocycles. The summed E-state index contributed by atoms with van der Waals surface area (Å²) in [6.07, 6.45) is 1.68. The molecule has 1 rings (SSSR count). The fourth-order valence-corrected chi connectivity index (χ4v) is 1.68. The quantitative estimate of drug-likeness (QED) is 0.756. The van der Waals surface area contributed by atoms with Gasteiger partial charge in [0.25, 0.3) is 0 Å². The van der Waals surface area contributed by atoms with E-state index in [1.807, 2.05) is 6.92 Å². The van der Waals surface area contributed by atoms with Crippen LogP contribution in [0.5, 0.6) is 0 Å². The molecule has 17 heavy (non-hydrogen) atoms. The minimum Gasteiger partial charge on any atom is -0.399 e. The molecule has 0 fully saturated rings. The maximum absolute atomic E-state index is 13.5. The number of nitrogens with two attached hydrogens (primary N) is 1. The molecule has 5 heteroatoms. The molecule has 0 spiro atoms. The first kappa shape index (κ1) is 13.7. The molecule has 0 amide bonds. The number of ether oxygens (including phenoxy) is 1.